The molecule has 0 saturated carbocycles. The molecule has 25 heavy (non-hydrogen) atoms. The molecule has 2 atom stereocenters. The van der Waals surface area contributed by atoms with Gasteiger partial charge < -0.3 is 19.1 Å². The number of rotatable bonds is 3. The number of benzene rings is 1. The molecule has 6 nitrogen and oxygen atoms in total. The van der Waals surface area contributed by atoms with Gasteiger partial charge in [-0.1, -0.05) is 12.1 Å². The summed E-state index contributed by atoms with van der Waals surface area (Å²) in [6.45, 7) is 6.69. The SMILES string of the molecule is COC(=O)c1ccc(C2CN(C(=O)OC(C)(C)C)CC[C@H]2OC)cc1. The summed E-state index contributed by atoms with van der Waals surface area (Å²) < 4.78 is 15.8. The van der Waals surface area contributed by atoms with Gasteiger partial charge in [-0.05, 0) is 44.9 Å². The lowest BCUT2D eigenvalue weighted by atomic mass is 9.87. The van der Waals surface area contributed by atoms with Crippen LogP contribution in [-0.2, 0) is 14.2 Å². The predicted octanol–water partition coefficient (Wildman–Crippen LogP) is 3.21. The van der Waals surface area contributed by atoms with E-state index in [1.807, 2.05) is 32.9 Å². The van der Waals surface area contributed by atoms with Crippen LogP contribution in [0.25, 0.3) is 0 Å². The minimum Gasteiger partial charge on any atom is -0.465 e. The molecule has 1 unspecified atom stereocenters. The third-order valence-corrected chi connectivity index (χ3v) is 4.26. The average molecular weight is 349 g/mol. The van der Waals surface area contributed by atoms with Gasteiger partial charge in [0.2, 0.25) is 0 Å². The van der Waals surface area contributed by atoms with E-state index in [9.17, 15) is 9.59 Å². The summed E-state index contributed by atoms with van der Waals surface area (Å²) in [6, 6.07) is 7.25. The highest BCUT2D eigenvalue weighted by atomic mass is 16.6. The molecule has 0 aromatic heterocycles. The Bertz CT molecular complexity index is 605. The van der Waals surface area contributed by atoms with E-state index in [4.69, 9.17) is 14.2 Å². The number of carbonyl (C=O) groups is 2. The van der Waals surface area contributed by atoms with Gasteiger partial charge in [-0.25, -0.2) is 9.59 Å². The van der Waals surface area contributed by atoms with Gasteiger partial charge in [-0.3, -0.25) is 0 Å². The molecule has 1 aromatic carbocycles. The Labute approximate surface area is 149 Å². The number of hydrogen-bond donors (Lipinski definition) is 0. The Hall–Kier alpha value is -2.08. The second-order valence-corrected chi connectivity index (χ2v) is 7.21. The van der Waals surface area contributed by atoms with Crippen molar-refractivity contribution in [3.05, 3.63) is 35.4 Å². The van der Waals surface area contributed by atoms with Gasteiger partial charge in [0.15, 0.2) is 0 Å². The summed E-state index contributed by atoms with van der Waals surface area (Å²) in [7, 11) is 3.04. The Kier molecular flexibility index (Phi) is 6.06. The summed E-state index contributed by atoms with van der Waals surface area (Å²) in [5.74, 6) is -0.341. The zero-order chi connectivity index (χ0) is 18.6. The highest BCUT2D eigenvalue weighted by Gasteiger charge is 2.34. The lowest BCUT2D eigenvalue weighted by molar-refractivity contribution is -0.00700. The van der Waals surface area contributed by atoms with Crippen molar-refractivity contribution < 1.29 is 23.8 Å². The van der Waals surface area contributed by atoms with Crippen molar-refractivity contribution in [2.24, 2.45) is 0 Å². The van der Waals surface area contributed by atoms with Gasteiger partial charge in [0, 0.05) is 26.1 Å². The largest absolute Gasteiger partial charge is 0.465 e. The van der Waals surface area contributed by atoms with E-state index in [-0.39, 0.29) is 24.1 Å². The Morgan fingerprint density at radius 3 is 2.28 bits per heavy atom. The first-order chi connectivity index (χ1) is 11.7. The third kappa shape index (κ3) is 4.95. The van der Waals surface area contributed by atoms with E-state index in [1.165, 1.54) is 7.11 Å². The maximum Gasteiger partial charge on any atom is 0.410 e. The summed E-state index contributed by atoms with van der Waals surface area (Å²) in [4.78, 5) is 25.7. The molecular formula is C19H27NO5. The minimum absolute atomic E-state index is 0.0164. The zero-order valence-electron chi connectivity index (χ0n) is 15.6. The fourth-order valence-electron chi connectivity index (χ4n) is 3.01. The van der Waals surface area contributed by atoms with Crippen LogP contribution in [0.1, 0.15) is 49.0 Å². The molecule has 0 N–H and O–H groups in total. The van der Waals surface area contributed by atoms with Gasteiger partial charge in [-0.2, -0.15) is 0 Å². The first-order valence-electron chi connectivity index (χ1n) is 8.44. The van der Waals surface area contributed by atoms with Crippen LogP contribution in [0.5, 0.6) is 0 Å². The highest BCUT2D eigenvalue weighted by Crippen LogP contribution is 2.30. The maximum absolute atomic E-state index is 12.4. The van der Waals surface area contributed by atoms with E-state index >= 15 is 0 Å². The van der Waals surface area contributed by atoms with Crippen molar-refractivity contribution >= 4 is 12.1 Å². The van der Waals surface area contributed by atoms with Gasteiger partial charge in [0.1, 0.15) is 5.60 Å². The highest BCUT2D eigenvalue weighted by molar-refractivity contribution is 5.89. The molecule has 0 aliphatic carbocycles. The number of methoxy groups -OCH3 is 2. The number of esters is 1. The topological polar surface area (TPSA) is 65.1 Å². The molecule has 0 bridgehead atoms. The molecule has 1 aromatic rings. The van der Waals surface area contributed by atoms with Gasteiger partial charge in [0.25, 0.3) is 0 Å². The van der Waals surface area contributed by atoms with Crippen LogP contribution in [0.15, 0.2) is 24.3 Å². The lowest BCUT2D eigenvalue weighted by Gasteiger charge is -2.38. The van der Waals surface area contributed by atoms with Crippen LogP contribution >= 0.6 is 0 Å². The van der Waals surface area contributed by atoms with Crippen molar-refractivity contribution in [3.63, 3.8) is 0 Å². The molecule has 1 amide bonds. The van der Waals surface area contributed by atoms with Crippen LogP contribution in [-0.4, -0.2) is 56.0 Å². The molecule has 0 spiro atoms. The summed E-state index contributed by atoms with van der Waals surface area (Å²) in [6.07, 6.45) is 0.444. The first-order valence-corrected chi connectivity index (χ1v) is 8.44. The fourth-order valence-corrected chi connectivity index (χ4v) is 3.01. The number of nitrogens with zero attached hydrogens (tertiary/aromatic N) is 1. The van der Waals surface area contributed by atoms with Gasteiger partial charge in [0.05, 0.1) is 18.8 Å². The van der Waals surface area contributed by atoms with E-state index in [0.29, 0.717) is 18.7 Å². The standard InChI is InChI=1S/C19H27NO5/c1-19(2,3)25-18(22)20-11-10-16(23-4)15(12-20)13-6-8-14(9-7-13)17(21)24-5/h6-9,15-16H,10-12H2,1-5H3/t15?,16-/m1/s1. The monoisotopic (exact) mass is 349 g/mol. The number of amides is 1. The number of likely N-dealkylation sites (tertiary alicyclic amines) is 1. The summed E-state index contributed by atoms with van der Waals surface area (Å²) in [5.41, 5.74) is 1.00. The molecule has 1 saturated heterocycles. The normalized spacial score (nSPS) is 20.9. The smallest absolute Gasteiger partial charge is 0.410 e. The molecule has 1 fully saturated rings. The molecule has 1 aliphatic rings. The minimum atomic E-state index is -0.521. The Morgan fingerprint density at radius 2 is 1.76 bits per heavy atom. The molecule has 6 heteroatoms. The zero-order valence-corrected chi connectivity index (χ0v) is 15.6. The molecule has 0 radical (unpaired) electrons. The molecule has 2 rings (SSSR count). The number of piperidine rings is 1. The van der Waals surface area contributed by atoms with E-state index in [0.717, 1.165) is 12.0 Å². The van der Waals surface area contributed by atoms with Crippen molar-refractivity contribution in [1.29, 1.82) is 0 Å². The Balaban J connectivity index is 2.15. The van der Waals surface area contributed by atoms with Crippen LogP contribution in [0.3, 0.4) is 0 Å². The quantitative estimate of drug-likeness (QED) is 0.784. The molecule has 138 valence electrons. The van der Waals surface area contributed by atoms with E-state index in [1.54, 1.807) is 24.1 Å². The number of carbonyl (C=O) groups excluding carboxylic acids is 2. The number of hydrogen-bond acceptors (Lipinski definition) is 5. The van der Waals surface area contributed by atoms with Crippen molar-refractivity contribution in [3.8, 4) is 0 Å². The first kappa shape index (κ1) is 19.2. The molecular weight excluding hydrogens is 322 g/mol. The van der Waals surface area contributed by atoms with Crippen LogP contribution in [0.4, 0.5) is 4.79 Å². The van der Waals surface area contributed by atoms with Crippen LogP contribution in [0, 0.1) is 0 Å². The maximum atomic E-state index is 12.4. The van der Waals surface area contributed by atoms with Crippen LogP contribution in [0.2, 0.25) is 0 Å². The average Bonchev–Trinajstić information content (AvgIpc) is 2.59. The second kappa shape index (κ2) is 7.87. The fraction of sp³-hybridized carbons (Fsp3) is 0.579. The predicted molar refractivity (Wildman–Crippen MR) is 93.7 cm³/mol. The van der Waals surface area contributed by atoms with E-state index < -0.39 is 5.60 Å². The van der Waals surface area contributed by atoms with Gasteiger partial charge in [-0.15, -0.1) is 0 Å². The van der Waals surface area contributed by atoms with Gasteiger partial charge >= 0.3 is 12.1 Å². The third-order valence-electron chi connectivity index (χ3n) is 4.26. The van der Waals surface area contributed by atoms with Crippen molar-refractivity contribution in [2.75, 3.05) is 27.3 Å². The van der Waals surface area contributed by atoms with E-state index in [2.05, 4.69) is 0 Å². The molecule has 1 aliphatic heterocycles. The van der Waals surface area contributed by atoms with Crippen molar-refractivity contribution in [1.82, 2.24) is 4.90 Å². The summed E-state index contributed by atoms with van der Waals surface area (Å²) in [5, 5.41) is 0. The summed E-state index contributed by atoms with van der Waals surface area (Å²) >= 11 is 0. The lowest BCUT2D eigenvalue weighted by Crippen LogP contribution is -2.47. The van der Waals surface area contributed by atoms with Crippen LogP contribution < -0.4 is 0 Å². The Morgan fingerprint density at radius 1 is 1.12 bits per heavy atom. The number of ether oxygens (including phenoxy) is 3. The molecule has 1 heterocycles. The second-order valence-electron chi connectivity index (χ2n) is 7.21. The van der Waals surface area contributed by atoms with Crippen molar-refractivity contribution in [2.45, 2.75) is 44.8 Å².